The molecule has 1 amide bonds. The molecule has 40 heavy (non-hydrogen) atoms. The largest absolute Gasteiger partial charge is 0.497 e. The summed E-state index contributed by atoms with van der Waals surface area (Å²) in [6.07, 6.45) is -4.62. The number of carbonyl (C=O) groups is 1. The van der Waals surface area contributed by atoms with E-state index < -0.39 is 35.0 Å². The maximum atomic E-state index is 14.3. The fourth-order valence-corrected chi connectivity index (χ4v) is 5.26. The number of aliphatic hydroxyl groups excluding tert-OH is 1. The predicted molar refractivity (Wildman–Crippen MR) is 141 cm³/mol. The molecule has 0 bridgehead atoms. The van der Waals surface area contributed by atoms with Gasteiger partial charge in [-0.25, -0.2) is 0 Å². The third kappa shape index (κ3) is 5.04. The molecule has 2 aliphatic rings. The topological polar surface area (TPSA) is 123 Å². The van der Waals surface area contributed by atoms with Gasteiger partial charge in [0.05, 0.1) is 43.8 Å². The number of nitrogens with two attached hydrogens (primary N) is 1. The Labute approximate surface area is 227 Å². The van der Waals surface area contributed by atoms with Gasteiger partial charge in [-0.1, -0.05) is 0 Å². The molecule has 2 aromatic carbocycles. The molecule has 10 nitrogen and oxygen atoms in total. The van der Waals surface area contributed by atoms with Crippen LogP contribution in [0.2, 0.25) is 0 Å². The highest BCUT2D eigenvalue weighted by Crippen LogP contribution is 2.39. The third-order valence-corrected chi connectivity index (χ3v) is 7.13. The number of hydrogen-bond acceptors (Lipinski definition) is 8. The van der Waals surface area contributed by atoms with Crippen LogP contribution in [0.4, 0.5) is 24.5 Å². The molecule has 2 aliphatic heterocycles. The first kappa shape index (κ1) is 27.3. The molecule has 0 radical (unpaired) electrons. The van der Waals surface area contributed by atoms with Crippen LogP contribution in [0.1, 0.15) is 17.5 Å². The third-order valence-electron chi connectivity index (χ3n) is 7.13. The molecule has 0 spiro atoms. The molecule has 1 unspecified atom stereocenters. The zero-order chi connectivity index (χ0) is 28.8. The van der Waals surface area contributed by atoms with Gasteiger partial charge in [-0.15, -0.1) is 0 Å². The molecule has 0 saturated carbocycles. The molecule has 5 rings (SSSR count). The number of aromatic nitrogens is 2. The number of nitrogens with zero attached hydrogens (tertiary/aromatic N) is 4. The van der Waals surface area contributed by atoms with E-state index in [1.54, 1.807) is 23.1 Å². The normalized spacial score (nSPS) is 16.8. The van der Waals surface area contributed by atoms with Crippen molar-refractivity contribution in [2.45, 2.75) is 25.1 Å². The zero-order valence-electron chi connectivity index (χ0n) is 21.9. The van der Waals surface area contributed by atoms with Crippen LogP contribution in [-0.4, -0.2) is 67.3 Å². The Bertz CT molecular complexity index is 1500. The van der Waals surface area contributed by atoms with E-state index in [1.807, 2.05) is 0 Å². The van der Waals surface area contributed by atoms with Gasteiger partial charge in [-0.2, -0.15) is 23.0 Å². The van der Waals surface area contributed by atoms with Gasteiger partial charge in [0.1, 0.15) is 17.2 Å². The molecule has 212 valence electrons. The lowest BCUT2D eigenvalue weighted by Gasteiger charge is -2.23. The lowest BCUT2D eigenvalue weighted by Crippen LogP contribution is -2.37. The van der Waals surface area contributed by atoms with E-state index in [4.69, 9.17) is 15.2 Å². The summed E-state index contributed by atoms with van der Waals surface area (Å²) in [5.74, 6) is 0.145. The number of β-amino-alcohol motifs (C(OH)–C–C–N with tert-alkyl or cyclic N) is 1. The molecule has 3 N–H and O–H groups in total. The summed E-state index contributed by atoms with van der Waals surface area (Å²) >= 11 is 0. The Hall–Kier alpha value is -4.26. The number of fused-ring (bicyclic) bond motifs is 1. The van der Waals surface area contributed by atoms with Gasteiger partial charge in [0.2, 0.25) is 5.91 Å². The second-order valence-corrected chi connectivity index (χ2v) is 9.72. The molecular formula is C27H28F3N5O5. The first-order valence-corrected chi connectivity index (χ1v) is 12.6. The first-order valence-electron chi connectivity index (χ1n) is 12.6. The van der Waals surface area contributed by atoms with E-state index in [1.165, 1.54) is 31.3 Å². The van der Waals surface area contributed by atoms with Crippen molar-refractivity contribution in [3.05, 3.63) is 57.9 Å². The van der Waals surface area contributed by atoms with Crippen LogP contribution < -0.4 is 30.6 Å². The van der Waals surface area contributed by atoms with E-state index in [2.05, 4.69) is 5.10 Å². The molecule has 1 saturated heterocycles. The fourth-order valence-electron chi connectivity index (χ4n) is 5.26. The van der Waals surface area contributed by atoms with Gasteiger partial charge < -0.3 is 30.1 Å². The summed E-state index contributed by atoms with van der Waals surface area (Å²) < 4.78 is 54.3. The Kier molecular flexibility index (Phi) is 7.08. The first-order chi connectivity index (χ1) is 19.0. The number of anilines is 2. The van der Waals surface area contributed by atoms with E-state index in [0.29, 0.717) is 47.7 Å². The second-order valence-electron chi connectivity index (χ2n) is 9.72. The van der Waals surface area contributed by atoms with Gasteiger partial charge in [0.15, 0.2) is 0 Å². The lowest BCUT2D eigenvalue weighted by molar-refractivity contribution is -0.137. The van der Waals surface area contributed by atoms with Crippen LogP contribution >= 0.6 is 0 Å². The van der Waals surface area contributed by atoms with Gasteiger partial charge in [0.25, 0.3) is 5.56 Å². The van der Waals surface area contributed by atoms with Gasteiger partial charge in [-0.3, -0.25) is 9.59 Å². The van der Waals surface area contributed by atoms with Crippen molar-refractivity contribution < 1.29 is 32.5 Å². The van der Waals surface area contributed by atoms with E-state index in [-0.39, 0.29) is 31.0 Å². The number of alkyl halides is 3. The average molecular weight is 560 g/mol. The van der Waals surface area contributed by atoms with E-state index in [0.717, 1.165) is 10.7 Å². The Morgan fingerprint density at radius 1 is 1.12 bits per heavy atom. The number of rotatable bonds is 7. The van der Waals surface area contributed by atoms with Crippen molar-refractivity contribution in [3.8, 4) is 28.4 Å². The quantitative estimate of drug-likeness (QED) is 0.453. The number of hydrogen-bond donors (Lipinski definition) is 2. The summed E-state index contributed by atoms with van der Waals surface area (Å²) in [6.45, 7) is 0.661. The SMILES string of the molecule is COc1cc(OC)cc(-c2nn(-c3cc(N4CCC(O)C4)ccc3C(F)(F)F)c(=O)c3c2CCN3CC(N)=O)c1. The summed E-state index contributed by atoms with van der Waals surface area (Å²) in [4.78, 5) is 28.9. The highest BCUT2D eigenvalue weighted by Gasteiger charge is 2.37. The highest BCUT2D eigenvalue weighted by atomic mass is 19.4. The van der Waals surface area contributed by atoms with Gasteiger partial charge in [-0.05, 0) is 43.2 Å². The number of carbonyl (C=O) groups excluding carboxylic acids is 1. The van der Waals surface area contributed by atoms with Crippen molar-refractivity contribution in [1.29, 1.82) is 0 Å². The molecule has 1 aromatic heterocycles. The summed E-state index contributed by atoms with van der Waals surface area (Å²) in [5, 5.41) is 14.5. The maximum Gasteiger partial charge on any atom is 0.418 e. The molecule has 3 heterocycles. The van der Waals surface area contributed by atoms with Crippen molar-refractivity contribution in [2.75, 3.05) is 50.2 Å². The van der Waals surface area contributed by atoms with Crippen LogP contribution in [0.15, 0.2) is 41.2 Å². The molecule has 13 heteroatoms. The number of methoxy groups -OCH3 is 2. The van der Waals surface area contributed by atoms with Crippen LogP contribution in [-0.2, 0) is 17.4 Å². The molecule has 3 aromatic rings. The van der Waals surface area contributed by atoms with Gasteiger partial charge >= 0.3 is 6.18 Å². The smallest absolute Gasteiger partial charge is 0.418 e. The number of primary amides is 1. The Balaban J connectivity index is 1.80. The van der Waals surface area contributed by atoms with Crippen molar-refractivity contribution in [1.82, 2.24) is 9.78 Å². The van der Waals surface area contributed by atoms with Crippen molar-refractivity contribution >= 4 is 17.3 Å². The van der Waals surface area contributed by atoms with Crippen molar-refractivity contribution in [3.63, 3.8) is 0 Å². The van der Waals surface area contributed by atoms with Crippen LogP contribution in [0.25, 0.3) is 16.9 Å². The van der Waals surface area contributed by atoms with Crippen LogP contribution in [0.3, 0.4) is 0 Å². The number of aliphatic hydroxyl groups is 1. The average Bonchev–Trinajstić information content (AvgIpc) is 3.54. The number of amides is 1. The monoisotopic (exact) mass is 559 g/mol. The minimum atomic E-state index is -4.80. The second kappa shape index (κ2) is 10.4. The minimum Gasteiger partial charge on any atom is -0.497 e. The molecular weight excluding hydrogens is 531 g/mol. The summed E-state index contributed by atoms with van der Waals surface area (Å²) in [6, 6.07) is 8.40. The number of halogens is 3. The van der Waals surface area contributed by atoms with Gasteiger partial charge in [0, 0.05) is 42.5 Å². The predicted octanol–water partition coefficient (Wildman–Crippen LogP) is 2.35. The van der Waals surface area contributed by atoms with Crippen LogP contribution in [0.5, 0.6) is 11.5 Å². The van der Waals surface area contributed by atoms with Crippen molar-refractivity contribution in [2.24, 2.45) is 5.73 Å². The summed E-state index contributed by atoms with van der Waals surface area (Å²) in [7, 11) is 2.92. The number of ether oxygens (including phenoxy) is 2. The Morgan fingerprint density at radius 3 is 2.40 bits per heavy atom. The minimum absolute atomic E-state index is 0.0562. The lowest BCUT2D eigenvalue weighted by atomic mass is 10.0. The molecule has 1 atom stereocenters. The van der Waals surface area contributed by atoms with E-state index >= 15 is 0 Å². The Morgan fingerprint density at radius 2 is 1.82 bits per heavy atom. The maximum absolute atomic E-state index is 14.3. The standard InChI is InChI=1S/C27H28F3N5O5/c1-39-18-9-15(10-19(12-18)40-2)24-20-6-8-34(14-23(31)37)25(20)26(38)35(32-24)22-11-16(33-7-5-17(36)13-33)3-4-21(22)27(28,29)30/h3-4,9-12,17,36H,5-8,13-14H2,1-2H3,(H2,31,37). The number of benzene rings is 2. The van der Waals surface area contributed by atoms with Crippen LogP contribution in [0, 0.1) is 0 Å². The highest BCUT2D eigenvalue weighted by molar-refractivity contribution is 5.82. The zero-order valence-corrected chi connectivity index (χ0v) is 21.9. The molecule has 0 aliphatic carbocycles. The summed E-state index contributed by atoms with van der Waals surface area (Å²) in [5.41, 5.74) is 4.73. The fraction of sp³-hybridized carbons (Fsp3) is 0.370. The molecule has 1 fully saturated rings. The van der Waals surface area contributed by atoms with E-state index in [9.17, 15) is 27.9 Å².